The fourth-order valence-corrected chi connectivity index (χ4v) is 2.81. The van der Waals surface area contributed by atoms with E-state index >= 15 is 0 Å². The molecule has 2 rings (SSSR count). The number of morpholine rings is 1. The van der Waals surface area contributed by atoms with Crippen molar-refractivity contribution >= 4 is 10.0 Å². The van der Waals surface area contributed by atoms with Crippen molar-refractivity contribution in [1.82, 2.24) is 4.90 Å². The summed E-state index contributed by atoms with van der Waals surface area (Å²) in [5.41, 5.74) is 0. The quantitative estimate of drug-likeness (QED) is 0.870. The number of hydrogen-bond donors (Lipinski definition) is 1. The number of sulfonamides is 1. The summed E-state index contributed by atoms with van der Waals surface area (Å²) in [6.45, 7) is 7.19. The molecule has 0 amide bonds. The number of ether oxygens (including phenoxy) is 2. The average molecular weight is 314 g/mol. The number of benzene rings is 1. The van der Waals surface area contributed by atoms with Crippen molar-refractivity contribution in [3.63, 3.8) is 0 Å². The fraction of sp³-hybridized carbons (Fsp3) is 0.571. The highest BCUT2D eigenvalue weighted by Gasteiger charge is 2.22. The lowest BCUT2D eigenvalue weighted by Gasteiger charge is -2.36. The topological polar surface area (TPSA) is 81.9 Å². The van der Waals surface area contributed by atoms with E-state index < -0.39 is 10.0 Å². The van der Waals surface area contributed by atoms with Crippen LogP contribution >= 0.6 is 0 Å². The van der Waals surface area contributed by atoms with Crippen LogP contribution in [0, 0.1) is 0 Å². The Bertz CT molecular complexity index is 559. The highest BCUT2D eigenvalue weighted by molar-refractivity contribution is 7.89. The van der Waals surface area contributed by atoms with Crippen LogP contribution in [0.15, 0.2) is 29.2 Å². The summed E-state index contributed by atoms with van der Waals surface area (Å²) in [4.78, 5) is 2.41. The maximum Gasteiger partial charge on any atom is 0.238 e. The zero-order chi connectivity index (χ0) is 15.5. The van der Waals surface area contributed by atoms with Crippen LogP contribution in [0.2, 0.25) is 0 Å². The lowest BCUT2D eigenvalue weighted by Crippen LogP contribution is -2.48. The third-order valence-corrected chi connectivity index (χ3v) is 4.47. The van der Waals surface area contributed by atoms with Gasteiger partial charge in [-0.15, -0.1) is 0 Å². The molecule has 1 aromatic rings. The van der Waals surface area contributed by atoms with Crippen molar-refractivity contribution < 1.29 is 17.9 Å². The minimum atomic E-state index is -3.65. The molecule has 0 bridgehead atoms. The number of hydrogen-bond acceptors (Lipinski definition) is 5. The van der Waals surface area contributed by atoms with Gasteiger partial charge < -0.3 is 9.47 Å². The Labute approximate surface area is 125 Å². The van der Waals surface area contributed by atoms with Gasteiger partial charge in [0, 0.05) is 19.1 Å². The van der Waals surface area contributed by atoms with E-state index in [-0.39, 0.29) is 11.0 Å². The van der Waals surface area contributed by atoms with Crippen LogP contribution < -0.4 is 9.88 Å². The van der Waals surface area contributed by atoms with Crippen LogP contribution in [0.1, 0.15) is 13.8 Å². The van der Waals surface area contributed by atoms with Gasteiger partial charge in [-0.1, -0.05) is 0 Å². The first-order valence-corrected chi connectivity index (χ1v) is 8.52. The summed E-state index contributed by atoms with van der Waals surface area (Å²) in [7, 11) is -3.65. The van der Waals surface area contributed by atoms with Gasteiger partial charge in [0.05, 0.1) is 17.6 Å². The van der Waals surface area contributed by atoms with Crippen LogP contribution in [0.4, 0.5) is 0 Å². The molecular weight excluding hydrogens is 292 g/mol. The number of rotatable bonds is 5. The smallest absolute Gasteiger partial charge is 0.238 e. The fourth-order valence-electron chi connectivity index (χ4n) is 2.29. The minimum Gasteiger partial charge on any atom is -0.492 e. The molecule has 1 aliphatic heterocycles. The van der Waals surface area contributed by atoms with Crippen LogP contribution in [-0.4, -0.2) is 51.8 Å². The highest BCUT2D eigenvalue weighted by atomic mass is 32.2. The Hall–Kier alpha value is -1.15. The SMILES string of the molecule is C[C@@H]1CN(CCOc2ccc(S(N)(=O)=O)cc2)[C@H](C)CO1. The van der Waals surface area contributed by atoms with Gasteiger partial charge in [0.2, 0.25) is 10.0 Å². The maximum atomic E-state index is 11.2. The first-order chi connectivity index (χ1) is 9.86. The van der Waals surface area contributed by atoms with Crippen molar-refractivity contribution in [2.75, 3.05) is 26.3 Å². The first-order valence-electron chi connectivity index (χ1n) is 6.97. The molecule has 0 spiro atoms. The van der Waals surface area contributed by atoms with Crippen molar-refractivity contribution in [3.05, 3.63) is 24.3 Å². The summed E-state index contributed by atoms with van der Waals surface area (Å²) in [5, 5.41) is 5.05. The largest absolute Gasteiger partial charge is 0.492 e. The molecule has 1 aromatic carbocycles. The van der Waals surface area contributed by atoms with Gasteiger partial charge in [0.25, 0.3) is 0 Å². The van der Waals surface area contributed by atoms with Gasteiger partial charge in [0.15, 0.2) is 0 Å². The van der Waals surface area contributed by atoms with Crippen LogP contribution in [-0.2, 0) is 14.8 Å². The van der Waals surface area contributed by atoms with E-state index in [1.165, 1.54) is 12.1 Å². The van der Waals surface area contributed by atoms with Gasteiger partial charge in [-0.2, -0.15) is 0 Å². The van der Waals surface area contributed by atoms with Gasteiger partial charge in [-0.25, -0.2) is 13.6 Å². The molecule has 21 heavy (non-hydrogen) atoms. The van der Waals surface area contributed by atoms with Crippen LogP contribution in [0.3, 0.4) is 0 Å². The van der Waals surface area contributed by atoms with E-state index in [2.05, 4.69) is 18.7 Å². The van der Waals surface area contributed by atoms with Gasteiger partial charge in [-0.3, -0.25) is 4.90 Å². The number of nitrogens with zero attached hydrogens (tertiary/aromatic N) is 1. The molecule has 2 atom stereocenters. The molecule has 1 fully saturated rings. The second-order valence-corrected chi connectivity index (χ2v) is 6.91. The minimum absolute atomic E-state index is 0.0884. The van der Waals surface area contributed by atoms with E-state index in [1.54, 1.807) is 12.1 Å². The molecule has 118 valence electrons. The molecule has 0 saturated carbocycles. The van der Waals surface area contributed by atoms with Crippen molar-refractivity contribution in [2.45, 2.75) is 30.9 Å². The molecule has 7 heteroatoms. The Morgan fingerprint density at radius 3 is 2.62 bits per heavy atom. The molecule has 1 saturated heterocycles. The van der Waals surface area contributed by atoms with Gasteiger partial charge in [0.1, 0.15) is 12.4 Å². The van der Waals surface area contributed by atoms with Crippen LogP contribution in [0.25, 0.3) is 0 Å². The van der Waals surface area contributed by atoms with E-state index in [1.807, 2.05) is 0 Å². The standard InChI is InChI=1S/C14H22N2O4S/c1-11-10-20-12(2)9-16(11)7-8-19-13-3-5-14(6-4-13)21(15,17)18/h3-6,11-12H,7-10H2,1-2H3,(H2,15,17,18)/t11-,12-/m1/s1. The van der Waals surface area contributed by atoms with E-state index in [0.29, 0.717) is 18.4 Å². The number of primary sulfonamides is 1. The normalized spacial score (nSPS) is 24.0. The van der Waals surface area contributed by atoms with E-state index in [4.69, 9.17) is 14.6 Å². The molecule has 0 aromatic heterocycles. The zero-order valence-corrected chi connectivity index (χ0v) is 13.2. The maximum absolute atomic E-state index is 11.2. The predicted octanol–water partition coefficient (Wildman–Crippen LogP) is 0.822. The summed E-state index contributed by atoms with van der Waals surface area (Å²) in [6, 6.07) is 6.51. The Kier molecular flexibility index (Phi) is 5.21. The van der Waals surface area contributed by atoms with E-state index in [9.17, 15) is 8.42 Å². The molecule has 2 N–H and O–H groups in total. The molecule has 1 heterocycles. The summed E-state index contributed by atoms with van der Waals surface area (Å²) >= 11 is 0. The van der Waals surface area contributed by atoms with Crippen molar-refractivity contribution in [2.24, 2.45) is 5.14 Å². The van der Waals surface area contributed by atoms with Crippen molar-refractivity contribution in [1.29, 1.82) is 0 Å². The van der Waals surface area contributed by atoms with Gasteiger partial charge in [-0.05, 0) is 38.1 Å². The Morgan fingerprint density at radius 1 is 1.33 bits per heavy atom. The Morgan fingerprint density at radius 2 is 2.00 bits per heavy atom. The Balaban J connectivity index is 1.83. The third-order valence-electron chi connectivity index (χ3n) is 3.54. The van der Waals surface area contributed by atoms with Crippen LogP contribution in [0.5, 0.6) is 5.75 Å². The highest BCUT2D eigenvalue weighted by Crippen LogP contribution is 2.15. The summed E-state index contributed by atoms with van der Waals surface area (Å²) < 4.78 is 33.5. The lowest BCUT2D eigenvalue weighted by atomic mass is 10.2. The van der Waals surface area contributed by atoms with Gasteiger partial charge >= 0.3 is 0 Å². The second-order valence-electron chi connectivity index (χ2n) is 5.35. The number of nitrogens with two attached hydrogens (primary N) is 1. The first kappa shape index (κ1) is 16.2. The zero-order valence-electron chi connectivity index (χ0n) is 12.4. The monoisotopic (exact) mass is 314 g/mol. The molecule has 6 nitrogen and oxygen atoms in total. The predicted molar refractivity (Wildman–Crippen MR) is 79.8 cm³/mol. The summed E-state index contributed by atoms with van der Waals surface area (Å²) in [5.74, 6) is 0.636. The third kappa shape index (κ3) is 4.67. The average Bonchev–Trinajstić information content (AvgIpc) is 2.42. The molecule has 0 radical (unpaired) electrons. The molecule has 1 aliphatic rings. The summed E-state index contributed by atoms with van der Waals surface area (Å²) in [6.07, 6.45) is 0.246. The second kappa shape index (κ2) is 6.74. The molecule has 0 unspecified atom stereocenters. The lowest BCUT2D eigenvalue weighted by molar-refractivity contribution is -0.0522. The van der Waals surface area contributed by atoms with Crippen molar-refractivity contribution in [3.8, 4) is 5.75 Å². The molecular formula is C14H22N2O4S. The van der Waals surface area contributed by atoms with E-state index in [0.717, 1.165) is 19.7 Å². The molecule has 0 aliphatic carbocycles.